The molecule has 0 saturated heterocycles. The monoisotopic (exact) mass is 598 g/mol. The number of nitrogens with zero attached hydrogens (tertiary/aromatic N) is 5. The molecule has 0 radical (unpaired) electrons. The molecule has 0 bridgehead atoms. The van der Waals surface area contributed by atoms with Crippen molar-refractivity contribution < 1.29 is 9.13 Å². The molecule has 224 valence electrons. The van der Waals surface area contributed by atoms with Gasteiger partial charge in [-0.05, 0) is 67.2 Å². The number of H-pyrrole nitrogens is 2. The molecule has 45 heavy (non-hydrogen) atoms. The van der Waals surface area contributed by atoms with Crippen LogP contribution in [0.5, 0.6) is 5.75 Å². The maximum atomic E-state index is 14.8. The van der Waals surface area contributed by atoms with Crippen LogP contribution in [0.25, 0.3) is 55.8 Å². The molecule has 0 saturated carbocycles. The second-order valence-electron chi connectivity index (χ2n) is 11.3. The molecule has 1 atom stereocenters. The van der Waals surface area contributed by atoms with Crippen molar-refractivity contribution in [2.45, 2.75) is 12.6 Å². The molecular weight excluding hydrogens is 567 g/mol. The number of ether oxygens (including phenoxy) is 1. The predicted molar refractivity (Wildman–Crippen MR) is 174 cm³/mol. The Hall–Kier alpha value is -5.45. The molecule has 0 fully saturated rings. The molecule has 0 spiro atoms. The van der Waals surface area contributed by atoms with Gasteiger partial charge < -0.3 is 20.4 Å². The second-order valence-corrected chi connectivity index (χ2v) is 11.3. The number of pyridine rings is 2. The normalized spacial score (nSPS) is 12.3. The molecule has 0 aliphatic carbocycles. The van der Waals surface area contributed by atoms with Crippen LogP contribution in [0.3, 0.4) is 0 Å². The summed E-state index contributed by atoms with van der Waals surface area (Å²) < 4.78 is 20.8. The van der Waals surface area contributed by atoms with E-state index in [2.05, 4.69) is 25.1 Å². The molecule has 4 N–H and O–H groups in total. The van der Waals surface area contributed by atoms with Crippen molar-refractivity contribution in [2.24, 2.45) is 5.73 Å². The summed E-state index contributed by atoms with van der Waals surface area (Å²) in [5, 5.41) is 8.49. The van der Waals surface area contributed by atoms with Crippen molar-refractivity contribution in [3.63, 3.8) is 0 Å². The van der Waals surface area contributed by atoms with Gasteiger partial charge in [-0.25, -0.2) is 9.37 Å². The molecule has 0 aliphatic heterocycles. The number of fused-ring (bicyclic) bond motifs is 2. The predicted octanol–water partition coefficient (Wildman–Crippen LogP) is 6.51. The first-order valence-corrected chi connectivity index (χ1v) is 14.6. The molecule has 7 aromatic rings. The fraction of sp³-hybridized carbons (Fsp3) is 0.143. The Morgan fingerprint density at radius 2 is 1.78 bits per heavy atom. The van der Waals surface area contributed by atoms with Gasteiger partial charge in [0.1, 0.15) is 23.9 Å². The Labute approximate surface area is 258 Å². The molecule has 9 nitrogen and oxygen atoms in total. The highest BCUT2D eigenvalue weighted by molar-refractivity contribution is 5.97. The lowest BCUT2D eigenvalue weighted by Gasteiger charge is -2.18. The van der Waals surface area contributed by atoms with Crippen LogP contribution >= 0.6 is 0 Å². The molecule has 4 aromatic heterocycles. The number of hydrogen-bond acceptors (Lipinski definition) is 7. The van der Waals surface area contributed by atoms with E-state index < -0.39 is 0 Å². The van der Waals surface area contributed by atoms with Crippen LogP contribution in [0, 0.1) is 5.82 Å². The van der Waals surface area contributed by atoms with Gasteiger partial charge in [-0.2, -0.15) is 5.10 Å². The summed E-state index contributed by atoms with van der Waals surface area (Å²) in [6, 6.07) is 24.3. The van der Waals surface area contributed by atoms with E-state index in [9.17, 15) is 4.39 Å². The number of para-hydroxylation sites is 1. The summed E-state index contributed by atoms with van der Waals surface area (Å²) in [6.07, 6.45) is 5.20. The van der Waals surface area contributed by atoms with Crippen molar-refractivity contribution >= 4 is 21.9 Å². The Balaban J connectivity index is 1.22. The number of nitrogens with one attached hydrogen (secondary N) is 2. The van der Waals surface area contributed by atoms with Crippen LogP contribution < -0.4 is 10.5 Å². The third-order valence-corrected chi connectivity index (χ3v) is 7.66. The van der Waals surface area contributed by atoms with Crippen LogP contribution in [0.15, 0.2) is 97.5 Å². The van der Waals surface area contributed by atoms with E-state index in [4.69, 9.17) is 15.5 Å². The number of halogens is 1. The van der Waals surface area contributed by atoms with Crippen molar-refractivity contribution in [3.05, 3.63) is 114 Å². The van der Waals surface area contributed by atoms with E-state index in [1.54, 1.807) is 18.6 Å². The molecule has 3 aromatic carbocycles. The zero-order chi connectivity index (χ0) is 30.9. The van der Waals surface area contributed by atoms with Gasteiger partial charge in [0.2, 0.25) is 0 Å². The number of rotatable bonds is 9. The van der Waals surface area contributed by atoms with Crippen LogP contribution in [0.1, 0.15) is 17.2 Å². The van der Waals surface area contributed by atoms with Gasteiger partial charge in [-0.3, -0.25) is 15.1 Å². The number of hydrogen-bond donors (Lipinski definition) is 3. The van der Waals surface area contributed by atoms with E-state index in [1.807, 2.05) is 85.7 Å². The number of benzene rings is 3. The lowest BCUT2D eigenvalue weighted by molar-refractivity contribution is 0.305. The minimum atomic E-state index is -0.341. The highest BCUT2D eigenvalue weighted by atomic mass is 19.1. The molecule has 4 heterocycles. The van der Waals surface area contributed by atoms with E-state index in [0.29, 0.717) is 41.5 Å². The quantitative estimate of drug-likeness (QED) is 0.173. The van der Waals surface area contributed by atoms with Gasteiger partial charge in [0, 0.05) is 35.3 Å². The van der Waals surface area contributed by atoms with E-state index in [1.165, 1.54) is 12.1 Å². The highest BCUT2D eigenvalue weighted by Gasteiger charge is 2.18. The largest absolute Gasteiger partial charge is 0.487 e. The maximum Gasteiger partial charge on any atom is 0.159 e. The van der Waals surface area contributed by atoms with Gasteiger partial charge in [-0.1, -0.05) is 42.5 Å². The summed E-state index contributed by atoms with van der Waals surface area (Å²) in [5.74, 6) is 0.894. The third-order valence-electron chi connectivity index (χ3n) is 7.66. The van der Waals surface area contributed by atoms with Crippen molar-refractivity contribution in [1.29, 1.82) is 0 Å². The lowest BCUT2D eigenvalue weighted by Crippen LogP contribution is -2.26. The van der Waals surface area contributed by atoms with Crippen LogP contribution in [0.4, 0.5) is 4.39 Å². The SMILES string of the molecule is CN(C)CC(N)c1cc(F)cc(-c2cccc3[nH]c(-c4n[nH]c5cnc(-c6cncc(OCc7ccccc7)c6)cc45)nc23)c1. The minimum Gasteiger partial charge on any atom is -0.487 e. The molecule has 0 aliphatic rings. The average Bonchev–Trinajstić information content (AvgIpc) is 3.68. The zero-order valence-corrected chi connectivity index (χ0v) is 24.8. The van der Waals surface area contributed by atoms with Gasteiger partial charge in [0.15, 0.2) is 5.82 Å². The van der Waals surface area contributed by atoms with Gasteiger partial charge >= 0.3 is 0 Å². The van der Waals surface area contributed by atoms with Crippen LogP contribution in [-0.2, 0) is 6.61 Å². The fourth-order valence-corrected chi connectivity index (χ4v) is 5.49. The van der Waals surface area contributed by atoms with Crippen molar-refractivity contribution in [1.82, 2.24) is 35.0 Å². The number of likely N-dealkylation sites (N-methyl/N-ethyl adjacent to an activating group) is 1. The van der Waals surface area contributed by atoms with Crippen molar-refractivity contribution in [3.8, 4) is 39.7 Å². The summed E-state index contributed by atoms with van der Waals surface area (Å²) in [4.78, 5) is 19.4. The first-order chi connectivity index (χ1) is 21.9. The minimum absolute atomic E-state index is 0.326. The summed E-state index contributed by atoms with van der Waals surface area (Å²) in [6.45, 7) is 1.04. The maximum absolute atomic E-state index is 14.8. The van der Waals surface area contributed by atoms with Gasteiger partial charge in [0.25, 0.3) is 0 Å². The fourth-order valence-electron chi connectivity index (χ4n) is 5.49. The van der Waals surface area contributed by atoms with Gasteiger partial charge in [-0.15, -0.1) is 0 Å². The molecular formula is C35H31FN8O. The molecule has 1 unspecified atom stereocenters. The van der Waals surface area contributed by atoms with Crippen LogP contribution in [-0.4, -0.2) is 55.7 Å². The van der Waals surface area contributed by atoms with E-state index in [0.717, 1.165) is 44.4 Å². The average molecular weight is 599 g/mol. The highest BCUT2D eigenvalue weighted by Crippen LogP contribution is 2.34. The molecule has 7 rings (SSSR count). The van der Waals surface area contributed by atoms with Crippen LogP contribution in [0.2, 0.25) is 0 Å². The Morgan fingerprint density at radius 3 is 2.62 bits per heavy atom. The summed E-state index contributed by atoms with van der Waals surface area (Å²) in [7, 11) is 3.89. The molecule has 0 amide bonds. The van der Waals surface area contributed by atoms with E-state index in [-0.39, 0.29) is 11.9 Å². The van der Waals surface area contributed by atoms with Gasteiger partial charge in [0.05, 0.1) is 34.6 Å². The molecule has 10 heteroatoms. The summed E-state index contributed by atoms with van der Waals surface area (Å²) >= 11 is 0. The first kappa shape index (κ1) is 28.3. The zero-order valence-electron chi connectivity index (χ0n) is 24.8. The van der Waals surface area contributed by atoms with E-state index >= 15 is 0 Å². The topological polar surface area (TPSA) is 122 Å². The number of nitrogens with two attached hydrogens (primary N) is 1. The Kier molecular flexibility index (Phi) is 7.50. The number of aromatic nitrogens is 6. The smallest absolute Gasteiger partial charge is 0.159 e. The summed E-state index contributed by atoms with van der Waals surface area (Å²) in [5.41, 5.74) is 14.2. The Bertz CT molecular complexity index is 2120. The Morgan fingerprint density at radius 1 is 0.911 bits per heavy atom. The standard InChI is InChI=1S/C35H31FN8O/c1-44(2)19-29(37)23-11-22(12-25(36)13-23)27-9-6-10-30-33(27)41-35(40-30)34-28-15-31(39-18-32(28)42-43-34)24-14-26(17-38-16-24)45-20-21-7-4-3-5-8-21/h3-18,29H,19-20,37H2,1-2H3,(H,40,41)(H,42,43). The lowest BCUT2D eigenvalue weighted by atomic mass is 9.98. The number of aromatic amines is 2. The number of imidazole rings is 1. The second kappa shape index (κ2) is 11.9. The third kappa shape index (κ3) is 5.88. The first-order valence-electron chi connectivity index (χ1n) is 14.6. The van der Waals surface area contributed by atoms with Crippen molar-refractivity contribution in [2.75, 3.05) is 20.6 Å².